The lowest BCUT2D eigenvalue weighted by Crippen LogP contribution is -2.52. The van der Waals surface area contributed by atoms with E-state index in [9.17, 15) is 22.4 Å². The van der Waals surface area contributed by atoms with Crippen LogP contribution >= 0.6 is 0 Å². The predicted octanol–water partition coefficient (Wildman–Crippen LogP) is 0.852. The van der Waals surface area contributed by atoms with Gasteiger partial charge in [0.15, 0.2) is 0 Å². The normalized spacial score (nSPS) is 22.0. The standard InChI is InChI=1S/C11H10F4N4O/c12-6-8(7(13)10(15)17-9(6)14)18-1-2-19-5(4-18)3-16-11(19)20/h5H,1-4H2,(H,16,20). The zero-order valence-corrected chi connectivity index (χ0v) is 10.2. The number of rotatable bonds is 1. The van der Waals surface area contributed by atoms with Crippen LogP contribution in [0.1, 0.15) is 0 Å². The minimum Gasteiger partial charge on any atom is -0.363 e. The zero-order chi connectivity index (χ0) is 14.4. The molecule has 1 aromatic rings. The van der Waals surface area contributed by atoms with Crippen molar-refractivity contribution < 1.29 is 22.4 Å². The van der Waals surface area contributed by atoms with Crippen molar-refractivity contribution in [3.63, 3.8) is 0 Å². The summed E-state index contributed by atoms with van der Waals surface area (Å²) in [5, 5.41) is 2.60. The van der Waals surface area contributed by atoms with Crippen LogP contribution in [0.4, 0.5) is 28.0 Å². The lowest BCUT2D eigenvalue weighted by atomic mass is 10.1. The number of halogens is 4. The van der Waals surface area contributed by atoms with Crippen LogP contribution in [0.15, 0.2) is 0 Å². The van der Waals surface area contributed by atoms with Crippen LogP contribution in [0.3, 0.4) is 0 Å². The molecule has 108 valence electrons. The average molecular weight is 290 g/mol. The second-order valence-electron chi connectivity index (χ2n) is 4.65. The van der Waals surface area contributed by atoms with Crippen molar-refractivity contribution in [2.24, 2.45) is 0 Å². The molecule has 2 fully saturated rings. The third-order valence-corrected chi connectivity index (χ3v) is 3.52. The molecule has 0 bridgehead atoms. The fraction of sp³-hybridized carbons (Fsp3) is 0.455. The molecule has 0 aliphatic carbocycles. The van der Waals surface area contributed by atoms with E-state index in [0.717, 1.165) is 0 Å². The number of carbonyl (C=O) groups is 1. The summed E-state index contributed by atoms with van der Waals surface area (Å²) in [7, 11) is 0. The molecule has 3 rings (SSSR count). The zero-order valence-electron chi connectivity index (χ0n) is 10.2. The molecule has 0 saturated carbocycles. The fourth-order valence-corrected chi connectivity index (χ4v) is 2.56. The van der Waals surface area contributed by atoms with Crippen LogP contribution in [0.5, 0.6) is 0 Å². The van der Waals surface area contributed by atoms with Crippen molar-refractivity contribution in [2.75, 3.05) is 31.1 Å². The molecule has 3 heterocycles. The van der Waals surface area contributed by atoms with Gasteiger partial charge in [-0.15, -0.1) is 0 Å². The number of pyridine rings is 1. The lowest BCUT2D eigenvalue weighted by Gasteiger charge is -2.37. The molecule has 2 amide bonds. The van der Waals surface area contributed by atoms with Crippen molar-refractivity contribution in [3.05, 3.63) is 23.5 Å². The highest BCUT2D eigenvalue weighted by atomic mass is 19.2. The Kier molecular flexibility index (Phi) is 2.91. The maximum Gasteiger partial charge on any atom is 0.317 e. The van der Waals surface area contributed by atoms with E-state index in [-0.39, 0.29) is 31.7 Å². The van der Waals surface area contributed by atoms with Gasteiger partial charge in [-0.2, -0.15) is 22.5 Å². The number of anilines is 1. The number of hydrogen-bond donors (Lipinski definition) is 1. The van der Waals surface area contributed by atoms with E-state index in [1.165, 1.54) is 9.80 Å². The quantitative estimate of drug-likeness (QED) is 0.616. The molecule has 1 N–H and O–H groups in total. The number of fused-ring (bicyclic) bond motifs is 1. The van der Waals surface area contributed by atoms with Gasteiger partial charge in [0.1, 0.15) is 5.69 Å². The van der Waals surface area contributed by atoms with Crippen LogP contribution in [-0.4, -0.2) is 48.1 Å². The van der Waals surface area contributed by atoms with Gasteiger partial charge in [0.05, 0.1) is 6.04 Å². The molecule has 1 atom stereocenters. The molecular weight excluding hydrogens is 280 g/mol. The molecule has 2 aliphatic rings. The Labute approximate surface area is 111 Å². The first-order valence-corrected chi connectivity index (χ1v) is 5.98. The Hall–Kier alpha value is -2.06. The van der Waals surface area contributed by atoms with E-state index in [4.69, 9.17) is 0 Å². The van der Waals surface area contributed by atoms with E-state index >= 15 is 0 Å². The second kappa shape index (κ2) is 4.50. The summed E-state index contributed by atoms with van der Waals surface area (Å²) in [6.07, 6.45) is 0. The summed E-state index contributed by atoms with van der Waals surface area (Å²) in [6.45, 7) is 0.728. The third kappa shape index (κ3) is 1.84. The molecule has 1 unspecified atom stereocenters. The number of urea groups is 1. The Balaban J connectivity index is 1.93. The highest BCUT2D eigenvalue weighted by molar-refractivity contribution is 5.77. The maximum absolute atomic E-state index is 13.7. The second-order valence-corrected chi connectivity index (χ2v) is 4.65. The van der Waals surface area contributed by atoms with Gasteiger partial charge in [-0.05, 0) is 0 Å². The van der Waals surface area contributed by atoms with E-state index < -0.39 is 29.2 Å². The molecule has 5 nitrogen and oxygen atoms in total. The van der Waals surface area contributed by atoms with Gasteiger partial charge in [-0.3, -0.25) is 0 Å². The number of nitrogens with zero attached hydrogens (tertiary/aromatic N) is 3. The first kappa shape index (κ1) is 12.9. The fourth-order valence-electron chi connectivity index (χ4n) is 2.56. The first-order valence-electron chi connectivity index (χ1n) is 5.98. The number of carbonyl (C=O) groups excluding carboxylic acids is 1. The van der Waals surface area contributed by atoms with Crippen LogP contribution < -0.4 is 10.2 Å². The highest BCUT2D eigenvalue weighted by Crippen LogP contribution is 2.28. The number of nitrogens with one attached hydrogen (secondary N) is 1. The van der Waals surface area contributed by atoms with Gasteiger partial charge in [-0.1, -0.05) is 0 Å². The van der Waals surface area contributed by atoms with Crippen molar-refractivity contribution in [3.8, 4) is 0 Å². The highest BCUT2D eigenvalue weighted by Gasteiger charge is 2.37. The molecule has 0 spiro atoms. The van der Waals surface area contributed by atoms with E-state index in [2.05, 4.69) is 10.3 Å². The van der Waals surface area contributed by atoms with Gasteiger partial charge in [0.25, 0.3) is 11.9 Å². The summed E-state index contributed by atoms with van der Waals surface area (Å²) in [4.78, 5) is 16.7. The summed E-state index contributed by atoms with van der Waals surface area (Å²) in [6, 6.07) is -0.531. The van der Waals surface area contributed by atoms with Gasteiger partial charge >= 0.3 is 6.03 Å². The van der Waals surface area contributed by atoms with Gasteiger partial charge in [-0.25, -0.2) is 4.79 Å². The van der Waals surface area contributed by atoms with E-state index in [1.807, 2.05) is 0 Å². The molecule has 0 aromatic carbocycles. The molecule has 20 heavy (non-hydrogen) atoms. The molecule has 1 aromatic heterocycles. The monoisotopic (exact) mass is 290 g/mol. The van der Waals surface area contributed by atoms with Crippen molar-refractivity contribution >= 4 is 11.7 Å². The average Bonchev–Trinajstić information content (AvgIpc) is 2.78. The Morgan fingerprint density at radius 1 is 1.10 bits per heavy atom. The third-order valence-electron chi connectivity index (χ3n) is 3.52. The van der Waals surface area contributed by atoms with Gasteiger partial charge < -0.3 is 15.1 Å². The van der Waals surface area contributed by atoms with Gasteiger partial charge in [0.2, 0.25) is 11.6 Å². The largest absolute Gasteiger partial charge is 0.363 e. The first-order chi connectivity index (χ1) is 9.49. The number of piperazine rings is 1. The maximum atomic E-state index is 13.7. The van der Waals surface area contributed by atoms with E-state index in [0.29, 0.717) is 6.54 Å². The minimum absolute atomic E-state index is 0.0840. The number of hydrogen-bond acceptors (Lipinski definition) is 3. The molecule has 2 aliphatic heterocycles. The molecular formula is C11H10F4N4O. The summed E-state index contributed by atoms with van der Waals surface area (Å²) < 4.78 is 53.5. The van der Waals surface area contributed by atoms with Crippen molar-refractivity contribution in [1.29, 1.82) is 0 Å². The molecule has 9 heteroatoms. The van der Waals surface area contributed by atoms with Gasteiger partial charge in [0, 0.05) is 26.2 Å². The number of amides is 2. The minimum atomic E-state index is -1.68. The summed E-state index contributed by atoms with van der Waals surface area (Å²) >= 11 is 0. The molecule has 2 saturated heterocycles. The van der Waals surface area contributed by atoms with E-state index in [1.54, 1.807) is 0 Å². The van der Waals surface area contributed by atoms with Crippen LogP contribution in [0.25, 0.3) is 0 Å². The van der Waals surface area contributed by atoms with Crippen LogP contribution in [0.2, 0.25) is 0 Å². The number of aromatic nitrogens is 1. The van der Waals surface area contributed by atoms with Crippen molar-refractivity contribution in [1.82, 2.24) is 15.2 Å². The smallest absolute Gasteiger partial charge is 0.317 e. The summed E-state index contributed by atoms with van der Waals surface area (Å²) in [5.74, 6) is -6.40. The SMILES string of the molecule is O=C1NCC2CN(c3c(F)c(F)nc(F)c3F)CCN12. The van der Waals surface area contributed by atoms with Crippen LogP contribution in [0, 0.1) is 23.5 Å². The summed E-state index contributed by atoms with van der Waals surface area (Å²) in [5.41, 5.74) is -0.769. The van der Waals surface area contributed by atoms with Crippen LogP contribution in [-0.2, 0) is 0 Å². The Morgan fingerprint density at radius 3 is 2.40 bits per heavy atom. The molecule has 0 radical (unpaired) electrons. The topological polar surface area (TPSA) is 48.5 Å². The van der Waals surface area contributed by atoms with Crippen molar-refractivity contribution in [2.45, 2.75) is 6.04 Å². The lowest BCUT2D eigenvalue weighted by molar-refractivity contribution is 0.197. The Bertz CT molecular complexity index is 556. The Morgan fingerprint density at radius 2 is 1.75 bits per heavy atom. The predicted molar refractivity (Wildman–Crippen MR) is 60.2 cm³/mol.